The van der Waals surface area contributed by atoms with E-state index in [0.29, 0.717) is 21.3 Å². The molecule has 26 heavy (non-hydrogen) atoms. The number of rotatable bonds is 2. The van der Waals surface area contributed by atoms with Crippen molar-refractivity contribution >= 4 is 67.5 Å². The number of carboxylic acids is 2. The van der Waals surface area contributed by atoms with Gasteiger partial charge in [-0.3, -0.25) is 0 Å². The van der Waals surface area contributed by atoms with Gasteiger partial charge in [-0.05, 0) is 22.3 Å². The van der Waals surface area contributed by atoms with E-state index in [1.165, 1.54) is 33.8 Å². The zero-order valence-corrected chi connectivity index (χ0v) is 16.7. The lowest BCUT2D eigenvalue weighted by molar-refractivity contribution is 0.0691. The van der Waals surface area contributed by atoms with Gasteiger partial charge in [-0.15, -0.1) is 22.7 Å². The number of carbonyl (C=O) groups is 2. The van der Waals surface area contributed by atoms with Gasteiger partial charge in [-0.25, -0.2) is 9.59 Å². The molecule has 2 bridgehead atoms. The Labute approximate surface area is 166 Å². The van der Waals surface area contributed by atoms with Crippen molar-refractivity contribution in [2.45, 2.75) is 23.0 Å². The van der Waals surface area contributed by atoms with Gasteiger partial charge in [0.25, 0.3) is 0 Å². The average molecular weight is 423 g/mol. The molecule has 0 saturated carbocycles. The molecule has 3 aromatic rings. The molecule has 0 aliphatic carbocycles. The maximum absolute atomic E-state index is 11.7. The highest BCUT2D eigenvalue weighted by Gasteiger charge is 2.26. The molecule has 8 heteroatoms. The fourth-order valence-electron chi connectivity index (χ4n) is 3.06. The van der Waals surface area contributed by atoms with Crippen LogP contribution in [-0.4, -0.2) is 22.2 Å². The Kier molecular flexibility index (Phi) is 5.00. The molecule has 0 fully saturated rings. The van der Waals surface area contributed by atoms with Gasteiger partial charge in [0.1, 0.15) is 9.75 Å². The van der Waals surface area contributed by atoms with Crippen molar-refractivity contribution in [1.82, 2.24) is 0 Å². The number of benzene rings is 1. The molecule has 0 atom stereocenters. The van der Waals surface area contributed by atoms with Gasteiger partial charge in [0.2, 0.25) is 0 Å². The maximum atomic E-state index is 11.7. The molecule has 2 aromatic heterocycles. The van der Waals surface area contributed by atoms with Crippen LogP contribution in [0.3, 0.4) is 0 Å². The number of hydrogen-bond donors (Lipinski definition) is 2. The number of carboxylic acid groups (broad SMARTS) is 2. The van der Waals surface area contributed by atoms with E-state index in [2.05, 4.69) is 18.2 Å². The van der Waals surface area contributed by atoms with Crippen LogP contribution in [0.5, 0.6) is 0 Å². The van der Waals surface area contributed by atoms with Gasteiger partial charge in [0.15, 0.2) is 0 Å². The zero-order chi connectivity index (χ0) is 18.3. The van der Waals surface area contributed by atoms with E-state index < -0.39 is 11.9 Å². The maximum Gasteiger partial charge on any atom is 0.346 e. The Morgan fingerprint density at radius 3 is 1.77 bits per heavy atom. The standard InChI is InChI=1S/C18H14O4S4/c19-16(20)14-11-7-23-5-9-2-1-3-10(4-9)6-24-8-12-13(11)18(25-14)26-15(12)17(21)22/h1-4H,5-8H2,(H,19,20)(H,21,22). The van der Waals surface area contributed by atoms with E-state index in [1.54, 1.807) is 23.5 Å². The lowest BCUT2D eigenvalue weighted by Gasteiger charge is -2.10. The third kappa shape index (κ3) is 3.26. The molecule has 4 rings (SSSR count). The predicted octanol–water partition coefficient (Wildman–Crippen LogP) is 5.54. The van der Waals surface area contributed by atoms with Crippen LogP contribution in [0.1, 0.15) is 41.6 Å². The lowest BCUT2D eigenvalue weighted by atomic mass is 10.1. The van der Waals surface area contributed by atoms with Crippen LogP contribution in [-0.2, 0) is 23.0 Å². The molecule has 0 unspecified atom stereocenters. The van der Waals surface area contributed by atoms with Crippen molar-refractivity contribution in [3.63, 3.8) is 0 Å². The van der Waals surface area contributed by atoms with Gasteiger partial charge < -0.3 is 10.2 Å². The van der Waals surface area contributed by atoms with Gasteiger partial charge in [0.05, 0.1) is 4.01 Å². The van der Waals surface area contributed by atoms with Crippen molar-refractivity contribution in [2.24, 2.45) is 0 Å². The van der Waals surface area contributed by atoms with Crippen LogP contribution in [0.4, 0.5) is 0 Å². The average Bonchev–Trinajstić information content (AvgIpc) is 3.12. The van der Waals surface area contributed by atoms with Crippen molar-refractivity contribution < 1.29 is 19.8 Å². The molecule has 0 spiro atoms. The van der Waals surface area contributed by atoms with Crippen LogP contribution in [0.2, 0.25) is 0 Å². The summed E-state index contributed by atoms with van der Waals surface area (Å²) in [5, 5.41) is 20.0. The molecular formula is C18H14O4S4. The highest BCUT2D eigenvalue weighted by molar-refractivity contribution is 7.98. The minimum Gasteiger partial charge on any atom is -0.477 e. The molecule has 4 nitrogen and oxygen atoms in total. The summed E-state index contributed by atoms with van der Waals surface area (Å²) in [7, 11) is 0. The predicted molar refractivity (Wildman–Crippen MR) is 110 cm³/mol. The molecule has 134 valence electrons. The summed E-state index contributed by atoms with van der Waals surface area (Å²) in [4.78, 5) is 24.1. The monoisotopic (exact) mass is 422 g/mol. The number of fused-ring (bicyclic) bond motifs is 2. The van der Waals surface area contributed by atoms with Crippen molar-refractivity contribution in [3.05, 3.63) is 56.3 Å². The number of aromatic carboxylic acids is 2. The first-order valence-electron chi connectivity index (χ1n) is 7.81. The Morgan fingerprint density at radius 1 is 0.808 bits per heavy atom. The summed E-state index contributed by atoms with van der Waals surface area (Å²) < 4.78 is 0.807. The Hall–Kier alpha value is -1.48. The summed E-state index contributed by atoms with van der Waals surface area (Å²) in [5.74, 6) is 0.885. The molecule has 0 radical (unpaired) electrons. The third-order valence-electron chi connectivity index (χ3n) is 4.16. The fourth-order valence-corrected chi connectivity index (χ4v) is 7.77. The molecule has 1 aliphatic rings. The summed E-state index contributed by atoms with van der Waals surface area (Å²) in [5.41, 5.74) is 4.01. The van der Waals surface area contributed by atoms with Crippen LogP contribution in [0, 0.1) is 0 Å². The number of thioether (sulfide) groups is 2. The topological polar surface area (TPSA) is 74.6 Å². The molecule has 0 saturated heterocycles. The second kappa shape index (κ2) is 7.26. The van der Waals surface area contributed by atoms with E-state index >= 15 is 0 Å². The molecule has 1 aromatic carbocycles. The molecule has 0 amide bonds. The van der Waals surface area contributed by atoms with Gasteiger partial charge in [0, 0.05) is 28.4 Å². The normalized spacial score (nSPS) is 14.6. The van der Waals surface area contributed by atoms with E-state index in [4.69, 9.17) is 0 Å². The summed E-state index contributed by atoms with van der Waals surface area (Å²) in [6.45, 7) is 0. The Morgan fingerprint density at radius 2 is 1.31 bits per heavy atom. The Bertz CT molecular complexity index is 945. The Balaban J connectivity index is 1.85. The largest absolute Gasteiger partial charge is 0.477 e. The second-order valence-corrected chi connectivity index (χ2v) is 10.2. The highest BCUT2D eigenvalue weighted by Crippen LogP contribution is 2.44. The summed E-state index contributed by atoms with van der Waals surface area (Å²) in [6, 6.07) is 8.40. The number of thiophene rings is 2. The van der Waals surface area contributed by atoms with Crippen molar-refractivity contribution in [2.75, 3.05) is 0 Å². The smallest absolute Gasteiger partial charge is 0.346 e. The fraction of sp³-hybridized carbons (Fsp3) is 0.222. The van der Waals surface area contributed by atoms with Crippen molar-refractivity contribution in [3.8, 4) is 0 Å². The van der Waals surface area contributed by atoms with E-state index in [1.807, 2.05) is 6.07 Å². The van der Waals surface area contributed by atoms with Crippen LogP contribution in [0.25, 0.3) is 9.40 Å². The highest BCUT2D eigenvalue weighted by atomic mass is 32.2. The molecule has 2 N–H and O–H groups in total. The third-order valence-corrected chi connectivity index (χ3v) is 8.75. The van der Waals surface area contributed by atoms with Crippen LogP contribution >= 0.6 is 46.2 Å². The first-order chi connectivity index (χ1) is 12.5. The van der Waals surface area contributed by atoms with Gasteiger partial charge in [-0.1, -0.05) is 24.3 Å². The van der Waals surface area contributed by atoms with Crippen LogP contribution in [0.15, 0.2) is 24.3 Å². The molecular weight excluding hydrogens is 408 g/mol. The number of hydrogen-bond acceptors (Lipinski definition) is 6. The first kappa shape index (κ1) is 17.9. The minimum atomic E-state index is -0.932. The zero-order valence-electron chi connectivity index (χ0n) is 13.5. The molecule has 3 heterocycles. The SMILES string of the molecule is O=C(O)c1sc2sc(C(=O)O)c3c2c1CSCc1cccc(c1)CSC3. The second-order valence-electron chi connectivity index (χ2n) is 5.90. The quantitative estimate of drug-likeness (QED) is 0.565. The lowest BCUT2D eigenvalue weighted by Crippen LogP contribution is -2.01. The summed E-state index contributed by atoms with van der Waals surface area (Å²) in [6.07, 6.45) is 0. The van der Waals surface area contributed by atoms with Gasteiger partial charge >= 0.3 is 11.9 Å². The summed E-state index contributed by atoms with van der Waals surface area (Å²) >= 11 is 5.76. The van der Waals surface area contributed by atoms with E-state index in [9.17, 15) is 19.8 Å². The molecule has 1 aliphatic heterocycles. The van der Waals surface area contributed by atoms with E-state index in [-0.39, 0.29) is 0 Å². The van der Waals surface area contributed by atoms with Crippen molar-refractivity contribution in [1.29, 1.82) is 0 Å². The van der Waals surface area contributed by atoms with Gasteiger partial charge in [-0.2, -0.15) is 23.5 Å². The van der Waals surface area contributed by atoms with E-state index in [0.717, 1.165) is 32.0 Å². The van der Waals surface area contributed by atoms with Crippen LogP contribution < -0.4 is 0 Å². The first-order valence-corrected chi connectivity index (χ1v) is 11.8. The minimum absolute atomic E-state index is 0.341.